The number of hydrogen-bond acceptors (Lipinski definition) is 7. The van der Waals surface area contributed by atoms with E-state index in [-0.39, 0.29) is 0 Å². The first-order chi connectivity index (χ1) is 16.8. The zero-order chi connectivity index (χ0) is 24.6. The molecule has 5 rings (SSSR count). The molecule has 0 spiro atoms. The van der Waals surface area contributed by atoms with E-state index >= 15 is 0 Å². The minimum atomic E-state index is -3.57. The van der Waals surface area contributed by atoms with Gasteiger partial charge in [0.25, 0.3) is 0 Å². The van der Waals surface area contributed by atoms with Crippen LogP contribution in [0.5, 0.6) is 0 Å². The Morgan fingerprint density at radius 1 is 0.971 bits per heavy atom. The molecule has 2 fully saturated rings. The van der Waals surface area contributed by atoms with E-state index in [4.69, 9.17) is 9.97 Å². The van der Waals surface area contributed by atoms with Crippen LogP contribution in [0.15, 0.2) is 29.2 Å². The van der Waals surface area contributed by atoms with E-state index in [1.54, 1.807) is 22.5 Å². The van der Waals surface area contributed by atoms with E-state index in [1.807, 2.05) is 32.0 Å². The topological polar surface area (TPSA) is 72.9 Å². The Labute approximate surface area is 210 Å². The van der Waals surface area contributed by atoms with Gasteiger partial charge in [0.05, 0.1) is 10.6 Å². The first kappa shape index (κ1) is 24.5. The molecule has 0 radical (unpaired) electrons. The first-order valence-corrected chi connectivity index (χ1v) is 14.4. The molecule has 0 bridgehead atoms. The van der Waals surface area contributed by atoms with Gasteiger partial charge in [0, 0.05) is 71.4 Å². The van der Waals surface area contributed by atoms with Gasteiger partial charge < -0.3 is 9.80 Å². The molecule has 190 valence electrons. The maximum atomic E-state index is 13.4. The van der Waals surface area contributed by atoms with Crippen LogP contribution in [0.2, 0.25) is 0 Å². The molecular weight excluding hydrogens is 460 g/mol. The second kappa shape index (κ2) is 10.0. The molecule has 9 heteroatoms. The summed E-state index contributed by atoms with van der Waals surface area (Å²) in [6, 6.07) is 7.88. The van der Waals surface area contributed by atoms with E-state index in [0.29, 0.717) is 24.4 Å². The lowest BCUT2D eigenvalue weighted by Gasteiger charge is -2.41. The molecule has 3 heterocycles. The largest absolute Gasteiger partial charge is 0.362 e. The molecule has 1 saturated heterocycles. The van der Waals surface area contributed by atoms with Crippen molar-refractivity contribution in [1.82, 2.24) is 19.2 Å². The van der Waals surface area contributed by atoms with Crippen LogP contribution in [0.25, 0.3) is 0 Å². The normalized spacial score (nSPS) is 20.6. The van der Waals surface area contributed by atoms with Crippen molar-refractivity contribution < 1.29 is 8.42 Å². The predicted molar refractivity (Wildman–Crippen MR) is 139 cm³/mol. The summed E-state index contributed by atoms with van der Waals surface area (Å²) in [5.41, 5.74) is 2.83. The summed E-state index contributed by atoms with van der Waals surface area (Å²) in [4.78, 5) is 17.2. The van der Waals surface area contributed by atoms with Gasteiger partial charge in [-0.3, -0.25) is 4.90 Å². The standard InChI is InChI=1S/C26H38N6O2S/c1-20-8-7-11-22(18-20)35(33,34)32-13-12-24-23(19-32)25(29(2)3)28-26(27-24)31-16-14-30(15-17-31)21-9-5-4-6-10-21/h7-8,11,18,21H,4-6,9-10,12-17,19H2,1-3H3. The number of anilines is 2. The van der Waals surface area contributed by atoms with Gasteiger partial charge in [-0.05, 0) is 37.5 Å². The molecule has 2 aromatic rings. The van der Waals surface area contributed by atoms with Crippen molar-refractivity contribution in [3.63, 3.8) is 0 Å². The average Bonchev–Trinajstić information content (AvgIpc) is 2.88. The zero-order valence-corrected chi connectivity index (χ0v) is 22.1. The second-order valence-electron chi connectivity index (χ2n) is 10.4. The number of fused-ring (bicyclic) bond motifs is 1. The fourth-order valence-corrected chi connectivity index (χ4v) is 7.25. The quantitative estimate of drug-likeness (QED) is 0.627. The number of aryl methyl sites for hydroxylation is 1. The van der Waals surface area contributed by atoms with Crippen LogP contribution < -0.4 is 9.80 Å². The molecule has 0 amide bonds. The highest BCUT2D eigenvalue weighted by Gasteiger charge is 2.33. The number of sulfonamides is 1. The molecule has 8 nitrogen and oxygen atoms in total. The molecule has 1 aromatic carbocycles. The lowest BCUT2D eigenvalue weighted by Crippen LogP contribution is -2.51. The van der Waals surface area contributed by atoms with Crippen molar-refractivity contribution in [1.29, 1.82) is 0 Å². The highest BCUT2D eigenvalue weighted by molar-refractivity contribution is 7.89. The van der Waals surface area contributed by atoms with Crippen LogP contribution in [-0.2, 0) is 23.0 Å². The molecular formula is C26H38N6O2S. The minimum Gasteiger partial charge on any atom is -0.362 e. The Morgan fingerprint density at radius 3 is 2.40 bits per heavy atom. The third-order valence-electron chi connectivity index (χ3n) is 7.73. The Balaban J connectivity index is 1.35. The summed E-state index contributed by atoms with van der Waals surface area (Å²) in [5, 5.41) is 0. The van der Waals surface area contributed by atoms with Crippen molar-refractivity contribution in [2.24, 2.45) is 0 Å². The van der Waals surface area contributed by atoms with E-state index < -0.39 is 10.0 Å². The molecule has 2 aliphatic heterocycles. The van der Waals surface area contributed by atoms with Crippen molar-refractivity contribution in [3.8, 4) is 0 Å². The van der Waals surface area contributed by atoms with E-state index in [1.165, 1.54) is 32.1 Å². The SMILES string of the molecule is Cc1cccc(S(=O)(=O)N2CCc3nc(N4CCN(C5CCCCC5)CC4)nc(N(C)C)c3C2)c1. The van der Waals surface area contributed by atoms with E-state index in [9.17, 15) is 8.42 Å². The zero-order valence-electron chi connectivity index (χ0n) is 21.3. The van der Waals surface area contributed by atoms with E-state index in [0.717, 1.165) is 60.8 Å². The van der Waals surface area contributed by atoms with Crippen molar-refractivity contribution in [2.45, 2.75) is 62.9 Å². The van der Waals surface area contributed by atoms with Gasteiger partial charge in [-0.1, -0.05) is 31.4 Å². The van der Waals surface area contributed by atoms with Crippen molar-refractivity contribution >= 4 is 21.8 Å². The Hall–Kier alpha value is -2.23. The van der Waals surface area contributed by atoms with Gasteiger partial charge >= 0.3 is 0 Å². The molecule has 1 aliphatic carbocycles. The average molecular weight is 499 g/mol. The monoisotopic (exact) mass is 498 g/mol. The highest BCUT2D eigenvalue weighted by atomic mass is 32.2. The third kappa shape index (κ3) is 5.04. The molecule has 1 aromatic heterocycles. The van der Waals surface area contributed by atoms with Crippen LogP contribution in [0.4, 0.5) is 11.8 Å². The number of aromatic nitrogens is 2. The Morgan fingerprint density at radius 2 is 1.71 bits per heavy atom. The van der Waals surface area contributed by atoms with Gasteiger partial charge in [-0.25, -0.2) is 13.4 Å². The number of nitrogens with zero attached hydrogens (tertiary/aromatic N) is 6. The summed E-state index contributed by atoms with van der Waals surface area (Å²) in [5.74, 6) is 1.61. The van der Waals surface area contributed by atoms with Crippen molar-refractivity contribution in [2.75, 3.05) is 56.6 Å². The van der Waals surface area contributed by atoms with Gasteiger partial charge in [0.1, 0.15) is 5.82 Å². The van der Waals surface area contributed by atoms with Gasteiger partial charge in [-0.2, -0.15) is 9.29 Å². The number of hydrogen-bond donors (Lipinski definition) is 0. The fraction of sp³-hybridized carbons (Fsp3) is 0.615. The van der Waals surface area contributed by atoms with Crippen LogP contribution >= 0.6 is 0 Å². The second-order valence-corrected chi connectivity index (χ2v) is 12.3. The van der Waals surface area contributed by atoms with Crippen LogP contribution in [0.1, 0.15) is 48.9 Å². The first-order valence-electron chi connectivity index (χ1n) is 13.0. The van der Waals surface area contributed by atoms with Gasteiger partial charge in [0.15, 0.2) is 0 Å². The van der Waals surface area contributed by atoms with Crippen molar-refractivity contribution in [3.05, 3.63) is 41.1 Å². The number of piperazine rings is 1. The van der Waals surface area contributed by atoms with Gasteiger partial charge in [-0.15, -0.1) is 0 Å². The molecule has 0 unspecified atom stereocenters. The maximum absolute atomic E-state index is 13.4. The predicted octanol–water partition coefficient (Wildman–Crippen LogP) is 3.05. The summed E-state index contributed by atoms with van der Waals surface area (Å²) >= 11 is 0. The maximum Gasteiger partial charge on any atom is 0.243 e. The summed E-state index contributed by atoms with van der Waals surface area (Å²) < 4.78 is 28.3. The number of benzene rings is 1. The lowest BCUT2D eigenvalue weighted by atomic mass is 9.94. The Kier molecular flexibility index (Phi) is 7.01. The van der Waals surface area contributed by atoms with Crippen LogP contribution in [0.3, 0.4) is 0 Å². The highest BCUT2D eigenvalue weighted by Crippen LogP contribution is 2.32. The number of rotatable bonds is 5. The summed E-state index contributed by atoms with van der Waals surface area (Å²) in [6.45, 7) is 6.65. The van der Waals surface area contributed by atoms with Crippen LogP contribution in [-0.4, -0.2) is 80.5 Å². The molecule has 1 saturated carbocycles. The molecule has 3 aliphatic rings. The summed E-state index contributed by atoms with van der Waals surface area (Å²) in [7, 11) is 0.373. The van der Waals surface area contributed by atoms with Gasteiger partial charge in [0.2, 0.25) is 16.0 Å². The minimum absolute atomic E-state index is 0.300. The lowest BCUT2D eigenvalue weighted by molar-refractivity contribution is 0.147. The molecule has 35 heavy (non-hydrogen) atoms. The molecule has 0 N–H and O–H groups in total. The Bertz CT molecular complexity index is 1150. The summed E-state index contributed by atoms with van der Waals surface area (Å²) in [6.07, 6.45) is 7.38. The van der Waals surface area contributed by atoms with Crippen LogP contribution in [0, 0.1) is 6.92 Å². The molecule has 0 atom stereocenters. The third-order valence-corrected chi connectivity index (χ3v) is 9.57. The smallest absolute Gasteiger partial charge is 0.243 e. The van der Waals surface area contributed by atoms with E-state index in [2.05, 4.69) is 9.80 Å². The fourth-order valence-electron chi connectivity index (χ4n) is 5.73.